The lowest BCUT2D eigenvalue weighted by Gasteiger charge is -2.04. The summed E-state index contributed by atoms with van der Waals surface area (Å²) >= 11 is 0. The number of hydrogen-bond donors (Lipinski definition) is 2. The highest BCUT2D eigenvalue weighted by Crippen LogP contribution is 2.12. The first-order valence-electron chi connectivity index (χ1n) is 7.77. The van der Waals surface area contributed by atoms with Gasteiger partial charge in [-0.2, -0.15) is 5.10 Å². The number of furan rings is 1. The van der Waals surface area contributed by atoms with Gasteiger partial charge in [0.25, 0.3) is 11.8 Å². The molecule has 2 N–H and O–H groups in total. The van der Waals surface area contributed by atoms with Gasteiger partial charge in [-0.1, -0.05) is 18.2 Å². The summed E-state index contributed by atoms with van der Waals surface area (Å²) in [6, 6.07) is 14.0. The molecular weight excluding hydrogens is 320 g/mol. The fourth-order valence-electron chi connectivity index (χ4n) is 2.31. The third-order valence-corrected chi connectivity index (χ3v) is 3.61. The number of anilines is 1. The molecule has 3 aromatic rings. The van der Waals surface area contributed by atoms with Gasteiger partial charge in [-0.05, 0) is 31.2 Å². The molecule has 0 spiro atoms. The maximum Gasteiger partial charge on any atom is 0.272 e. The minimum absolute atomic E-state index is 0.217. The van der Waals surface area contributed by atoms with Crippen LogP contribution in [-0.4, -0.2) is 21.6 Å². The maximum absolute atomic E-state index is 12.2. The lowest BCUT2D eigenvalue weighted by atomic mass is 10.2. The minimum Gasteiger partial charge on any atom is -0.465 e. The van der Waals surface area contributed by atoms with E-state index in [-0.39, 0.29) is 24.1 Å². The quantitative estimate of drug-likeness (QED) is 0.748. The molecule has 0 bridgehead atoms. The summed E-state index contributed by atoms with van der Waals surface area (Å²) in [5.74, 6) is 1.28. The van der Waals surface area contributed by atoms with Crippen LogP contribution < -0.4 is 10.6 Å². The van der Waals surface area contributed by atoms with Gasteiger partial charge in [-0.3, -0.25) is 14.3 Å². The summed E-state index contributed by atoms with van der Waals surface area (Å²) in [5.41, 5.74) is 0.747. The number of carbonyl (C=O) groups excluding carboxylic acids is 2. The zero-order valence-electron chi connectivity index (χ0n) is 13.9. The Morgan fingerprint density at radius 3 is 2.56 bits per heavy atom. The highest BCUT2D eigenvalue weighted by atomic mass is 16.3. The SMILES string of the molecule is Cc1ccc(CNC(=O)c2cc(NC(=O)c3ccccc3)n(C)n2)o1. The van der Waals surface area contributed by atoms with Gasteiger partial charge in [0.05, 0.1) is 6.54 Å². The van der Waals surface area contributed by atoms with Crippen molar-refractivity contribution in [3.63, 3.8) is 0 Å². The van der Waals surface area contributed by atoms with Gasteiger partial charge < -0.3 is 15.1 Å². The second-order valence-electron chi connectivity index (χ2n) is 5.55. The summed E-state index contributed by atoms with van der Waals surface area (Å²) < 4.78 is 6.85. The van der Waals surface area contributed by atoms with E-state index in [1.807, 2.05) is 19.1 Å². The van der Waals surface area contributed by atoms with E-state index in [1.165, 1.54) is 10.7 Å². The Labute approximate surface area is 144 Å². The van der Waals surface area contributed by atoms with Crippen molar-refractivity contribution in [3.8, 4) is 0 Å². The zero-order valence-corrected chi connectivity index (χ0v) is 13.9. The summed E-state index contributed by atoms with van der Waals surface area (Å²) in [4.78, 5) is 24.4. The van der Waals surface area contributed by atoms with Gasteiger partial charge in [-0.25, -0.2) is 0 Å². The molecule has 0 unspecified atom stereocenters. The minimum atomic E-state index is -0.343. The average molecular weight is 338 g/mol. The molecule has 2 aromatic heterocycles. The summed E-state index contributed by atoms with van der Waals surface area (Å²) in [6.07, 6.45) is 0. The first kappa shape index (κ1) is 16.5. The second-order valence-corrected chi connectivity index (χ2v) is 5.55. The van der Waals surface area contributed by atoms with Crippen LogP contribution in [0.4, 0.5) is 5.82 Å². The van der Waals surface area contributed by atoms with Crippen molar-refractivity contribution in [2.24, 2.45) is 7.05 Å². The number of aryl methyl sites for hydroxylation is 2. The first-order chi connectivity index (χ1) is 12.0. The molecule has 0 radical (unpaired) electrons. The summed E-state index contributed by atoms with van der Waals surface area (Å²) in [6.45, 7) is 2.11. The van der Waals surface area contributed by atoms with E-state index in [4.69, 9.17) is 4.42 Å². The van der Waals surface area contributed by atoms with E-state index in [9.17, 15) is 9.59 Å². The lowest BCUT2D eigenvalue weighted by Crippen LogP contribution is -2.23. The fourth-order valence-corrected chi connectivity index (χ4v) is 2.31. The molecule has 0 aliphatic carbocycles. The van der Waals surface area contributed by atoms with Crippen LogP contribution in [-0.2, 0) is 13.6 Å². The summed E-state index contributed by atoms with van der Waals surface area (Å²) in [5, 5.41) is 9.61. The Hall–Kier alpha value is -3.35. The first-order valence-corrected chi connectivity index (χ1v) is 7.77. The van der Waals surface area contributed by atoms with Gasteiger partial charge >= 0.3 is 0 Å². The van der Waals surface area contributed by atoms with Crippen LogP contribution in [0.2, 0.25) is 0 Å². The van der Waals surface area contributed by atoms with Crippen molar-refractivity contribution in [2.75, 3.05) is 5.32 Å². The van der Waals surface area contributed by atoms with Crippen molar-refractivity contribution in [1.29, 1.82) is 0 Å². The van der Waals surface area contributed by atoms with Gasteiger partial charge in [-0.15, -0.1) is 0 Å². The Kier molecular flexibility index (Phi) is 4.65. The van der Waals surface area contributed by atoms with Crippen LogP contribution in [0, 0.1) is 6.92 Å². The van der Waals surface area contributed by atoms with E-state index >= 15 is 0 Å². The van der Waals surface area contributed by atoms with Crippen molar-refractivity contribution >= 4 is 17.6 Å². The number of aromatic nitrogens is 2. The largest absolute Gasteiger partial charge is 0.465 e. The molecule has 0 aliphatic heterocycles. The maximum atomic E-state index is 12.2. The number of carbonyl (C=O) groups is 2. The topological polar surface area (TPSA) is 89.2 Å². The molecule has 0 saturated carbocycles. The van der Waals surface area contributed by atoms with Crippen molar-refractivity contribution in [1.82, 2.24) is 15.1 Å². The predicted octanol–water partition coefficient (Wildman–Crippen LogP) is 2.50. The third kappa shape index (κ3) is 3.95. The van der Waals surface area contributed by atoms with Gasteiger partial charge in [0.2, 0.25) is 0 Å². The Bertz CT molecular complexity index is 896. The Morgan fingerprint density at radius 1 is 1.12 bits per heavy atom. The number of nitrogens with zero attached hydrogens (tertiary/aromatic N) is 2. The monoisotopic (exact) mass is 338 g/mol. The molecule has 7 heteroatoms. The van der Waals surface area contributed by atoms with Crippen LogP contribution >= 0.6 is 0 Å². The highest BCUT2D eigenvalue weighted by Gasteiger charge is 2.15. The van der Waals surface area contributed by atoms with Crippen molar-refractivity contribution < 1.29 is 14.0 Å². The van der Waals surface area contributed by atoms with Crippen molar-refractivity contribution in [3.05, 3.63) is 71.3 Å². The van der Waals surface area contributed by atoms with Crippen LogP contribution in [0.15, 0.2) is 52.9 Å². The highest BCUT2D eigenvalue weighted by molar-refractivity contribution is 6.04. The number of amides is 2. The molecule has 128 valence electrons. The lowest BCUT2D eigenvalue weighted by molar-refractivity contribution is 0.0941. The molecule has 0 aliphatic rings. The molecule has 1 aromatic carbocycles. The van der Waals surface area contributed by atoms with Gasteiger partial charge in [0.15, 0.2) is 5.69 Å². The zero-order chi connectivity index (χ0) is 17.8. The number of nitrogens with one attached hydrogen (secondary N) is 2. The Balaban J connectivity index is 1.65. The normalized spacial score (nSPS) is 10.5. The van der Waals surface area contributed by atoms with E-state index in [2.05, 4.69) is 15.7 Å². The predicted molar refractivity (Wildman–Crippen MR) is 92.2 cm³/mol. The molecule has 25 heavy (non-hydrogen) atoms. The van der Waals surface area contributed by atoms with Crippen LogP contribution in [0.1, 0.15) is 32.4 Å². The molecular formula is C18H18N4O3. The van der Waals surface area contributed by atoms with E-state index < -0.39 is 0 Å². The number of hydrogen-bond acceptors (Lipinski definition) is 4. The molecule has 0 saturated heterocycles. The fraction of sp³-hybridized carbons (Fsp3) is 0.167. The van der Waals surface area contributed by atoms with E-state index in [0.717, 1.165) is 5.76 Å². The standard InChI is InChI=1S/C18H18N4O3/c1-12-8-9-14(25-12)11-19-18(24)15-10-16(22(2)21-15)20-17(23)13-6-4-3-5-7-13/h3-10H,11H2,1-2H3,(H,19,24)(H,20,23). The molecule has 2 amide bonds. The second kappa shape index (κ2) is 7.04. The molecule has 2 heterocycles. The molecule has 3 rings (SSSR count). The molecule has 7 nitrogen and oxygen atoms in total. The average Bonchev–Trinajstić information content (AvgIpc) is 3.19. The van der Waals surface area contributed by atoms with Gasteiger partial charge in [0.1, 0.15) is 17.3 Å². The van der Waals surface area contributed by atoms with Gasteiger partial charge in [0, 0.05) is 18.7 Å². The number of rotatable bonds is 5. The molecule has 0 fully saturated rings. The molecule has 0 atom stereocenters. The number of benzene rings is 1. The van der Waals surface area contributed by atoms with E-state index in [0.29, 0.717) is 17.1 Å². The Morgan fingerprint density at radius 2 is 1.88 bits per heavy atom. The van der Waals surface area contributed by atoms with Crippen molar-refractivity contribution in [2.45, 2.75) is 13.5 Å². The third-order valence-electron chi connectivity index (χ3n) is 3.61. The van der Waals surface area contributed by atoms with Crippen LogP contribution in [0.25, 0.3) is 0 Å². The van der Waals surface area contributed by atoms with Crippen LogP contribution in [0.5, 0.6) is 0 Å². The summed E-state index contributed by atoms with van der Waals surface area (Å²) in [7, 11) is 1.66. The smallest absolute Gasteiger partial charge is 0.272 e. The van der Waals surface area contributed by atoms with E-state index in [1.54, 1.807) is 37.4 Å². The van der Waals surface area contributed by atoms with Crippen LogP contribution in [0.3, 0.4) is 0 Å².